The summed E-state index contributed by atoms with van der Waals surface area (Å²) in [6.45, 7) is 1.33. The Morgan fingerprint density at radius 1 is 1.12 bits per heavy atom. The standard InChI is InChI=1S/C19H22N4O3/c1-26-12-18(24)22-17-6-8-23(9-7-17)19(25)15-4-2-14(3-5-15)16-10-20-13-21-11-16/h2-5,10-11,13,17H,6-9,12H2,1H3,(H,22,24). The fourth-order valence-electron chi connectivity index (χ4n) is 3.06. The van der Waals surface area contributed by atoms with Crippen LogP contribution in [-0.4, -0.2) is 59.5 Å². The van der Waals surface area contributed by atoms with Crippen LogP contribution in [0, 0.1) is 0 Å². The zero-order valence-electron chi connectivity index (χ0n) is 14.7. The van der Waals surface area contributed by atoms with Crippen LogP contribution in [0.3, 0.4) is 0 Å². The number of carbonyl (C=O) groups excluding carboxylic acids is 2. The molecule has 2 heterocycles. The first-order chi connectivity index (χ1) is 12.7. The summed E-state index contributed by atoms with van der Waals surface area (Å²) in [6.07, 6.45) is 6.48. The summed E-state index contributed by atoms with van der Waals surface area (Å²) < 4.78 is 4.82. The number of aromatic nitrogens is 2. The van der Waals surface area contributed by atoms with Gasteiger partial charge in [0, 0.05) is 49.8 Å². The molecular weight excluding hydrogens is 332 g/mol. The molecule has 1 aliphatic rings. The fraction of sp³-hybridized carbons (Fsp3) is 0.368. The molecule has 0 unspecified atom stereocenters. The Morgan fingerprint density at radius 3 is 2.38 bits per heavy atom. The molecule has 1 aliphatic heterocycles. The molecule has 1 fully saturated rings. The Hall–Kier alpha value is -2.80. The van der Waals surface area contributed by atoms with E-state index in [0.29, 0.717) is 18.7 Å². The van der Waals surface area contributed by atoms with Crippen molar-refractivity contribution in [2.24, 2.45) is 0 Å². The van der Waals surface area contributed by atoms with Crippen molar-refractivity contribution in [1.29, 1.82) is 0 Å². The van der Waals surface area contributed by atoms with Gasteiger partial charge in [0.25, 0.3) is 5.91 Å². The number of rotatable bonds is 5. The smallest absolute Gasteiger partial charge is 0.253 e. The molecule has 1 saturated heterocycles. The zero-order valence-corrected chi connectivity index (χ0v) is 14.7. The number of hydrogen-bond donors (Lipinski definition) is 1. The van der Waals surface area contributed by atoms with E-state index in [1.807, 2.05) is 29.2 Å². The Kier molecular flexibility index (Phi) is 5.91. The minimum atomic E-state index is -0.113. The highest BCUT2D eigenvalue weighted by Gasteiger charge is 2.24. The summed E-state index contributed by atoms with van der Waals surface area (Å²) in [7, 11) is 1.50. The number of methoxy groups -OCH3 is 1. The van der Waals surface area contributed by atoms with Gasteiger partial charge in [0.15, 0.2) is 0 Å². The second-order valence-electron chi connectivity index (χ2n) is 6.27. The molecule has 26 heavy (non-hydrogen) atoms. The molecule has 3 rings (SSSR count). The maximum Gasteiger partial charge on any atom is 0.253 e. The summed E-state index contributed by atoms with van der Waals surface area (Å²) in [5.74, 6) is -0.0970. The van der Waals surface area contributed by atoms with Crippen LogP contribution in [0.15, 0.2) is 43.0 Å². The van der Waals surface area contributed by atoms with Gasteiger partial charge in [-0.1, -0.05) is 12.1 Å². The molecule has 0 bridgehead atoms. The quantitative estimate of drug-likeness (QED) is 0.880. The van der Waals surface area contributed by atoms with Gasteiger partial charge >= 0.3 is 0 Å². The minimum Gasteiger partial charge on any atom is -0.375 e. The summed E-state index contributed by atoms with van der Waals surface area (Å²) in [6, 6.07) is 7.57. The molecule has 0 aliphatic carbocycles. The zero-order chi connectivity index (χ0) is 18.4. The second-order valence-corrected chi connectivity index (χ2v) is 6.27. The number of benzene rings is 1. The van der Waals surface area contributed by atoms with E-state index < -0.39 is 0 Å². The molecule has 0 spiro atoms. The second kappa shape index (κ2) is 8.53. The molecular formula is C19H22N4O3. The SMILES string of the molecule is COCC(=O)NC1CCN(C(=O)c2ccc(-c3cncnc3)cc2)CC1. The Morgan fingerprint density at radius 2 is 1.77 bits per heavy atom. The lowest BCUT2D eigenvalue weighted by Crippen LogP contribution is -2.47. The Bertz CT molecular complexity index is 741. The Labute approximate surface area is 152 Å². The van der Waals surface area contributed by atoms with Gasteiger partial charge in [0.2, 0.25) is 5.91 Å². The van der Waals surface area contributed by atoms with Crippen molar-refractivity contribution in [2.45, 2.75) is 18.9 Å². The highest BCUT2D eigenvalue weighted by atomic mass is 16.5. The number of nitrogens with zero attached hydrogens (tertiary/aromatic N) is 3. The van der Waals surface area contributed by atoms with Crippen molar-refractivity contribution in [3.63, 3.8) is 0 Å². The average molecular weight is 354 g/mol. The van der Waals surface area contributed by atoms with E-state index in [-0.39, 0.29) is 24.5 Å². The topological polar surface area (TPSA) is 84.4 Å². The van der Waals surface area contributed by atoms with Crippen molar-refractivity contribution in [2.75, 3.05) is 26.8 Å². The first-order valence-electron chi connectivity index (χ1n) is 8.60. The van der Waals surface area contributed by atoms with Crippen LogP contribution in [-0.2, 0) is 9.53 Å². The molecule has 0 atom stereocenters. The van der Waals surface area contributed by atoms with E-state index in [1.54, 1.807) is 12.4 Å². The van der Waals surface area contributed by atoms with E-state index in [9.17, 15) is 9.59 Å². The summed E-state index contributed by atoms with van der Waals surface area (Å²) in [4.78, 5) is 34.1. The normalized spacial score (nSPS) is 14.9. The third kappa shape index (κ3) is 4.43. The van der Waals surface area contributed by atoms with Crippen LogP contribution < -0.4 is 5.32 Å². The van der Waals surface area contributed by atoms with Crippen LogP contribution in [0.4, 0.5) is 0 Å². The first-order valence-corrected chi connectivity index (χ1v) is 8.60. The predicted octanol–water partition coefficient (Wildman–Crippen LogP) is 1.51. The van der Waals surface area contributed by atoms with Gasteiger partial charge in [0.05, 0.1) is 0 Å². The van der Waals surface area contributed by atoms with Gasteiger partial charge in [-0.25, -0.2) is 9.97 Å². The van der Waals surface area contributed by atoms with E-state index in [0.717, 1.165) is 24.0 Å². The van der Waals surface area contributed by atoms with Crippen LogP contribution in [0.2, 0.25) is 0 Å². The number of ether oxygens (including phenoxy) is 1. The number of hydrogen-bond acceptors (Lipinski definition) is 5. The molecule has 2 amide bonds. The van der Waals surface area contributed by atoms with Crippen molar-refractivity contribution >= 4 is 11.8 Å². The molecule has 2 aromatic rings. The van der Waals surface area contributed by atoms with E-state index in [2.05, 4.69) is 15.3 Å². The van der Waals surface area contributed by atoms with Gasteiger partial charge < -0.3 is 15.0 Å². The van der Waals surface area contributed by atoms with Crippen LogP contribution in [0.5, 0.6) is 0 Å². The molecule has 1 aromatic carbocycles. The number of carbonyl (C=O) groups is 2. The maximum absolute atomic E-state index is 12.7. The number of nitrogens with one attached hydrogen (secondary N) is 1. The van der Waals surface area contributed by atoms with E-state index in [1.165, 1.54) is 13.4 Å². The molecule has 7 nitrogen and oxygen atoms in total. The lowest BCUT2D eigenvalue weighted by atomic mass is 10.0. The highest BCUT2D eigenvalue weighted by Crippen LogP contribution is 2.19. The lowest BCUT2D eigenvalue weighted by molar-refractivity contribution is -0.125. The monoisotopic (exact) mass is 354 g/mol. The van der Waals surface area contributed by atoms with Crippen molar-refractivity contribution < 1.29 is 14.3 Å². The molecule has 0 saturated carbocycles. The van der Waals surface area contributed by atoms with Crippen LogP contribution in [0.1, 0.15) is 23.2 Å². The molecule has 7 heteroatoms. The summed E-state index contributed by atoms with van der Waals surface area (Å²) in [5, 5.41) is 2.93. The van der Waals surface area contributed by atoms with Gasteiger partial charge in [-0.15, -0.1) is 0 Å². The fourth-order valence-corrected chi connectivity index (χ4v) is 3.06. The minimum absolute atomic E-state index is 0.0162. The first kappa shape index (κ1) is 18.0. The van der Waals surface area contributed by atoms with Crippen LogP contribution in [0.25, 0.3) is 11.1 Å². The Balaban J connectivity index is 1.56. The molecule has 1 N–H and O–H groups in total. The van der Waals surface area contributed by atoms with Crippen molar-refractivity contribution in [1.82, 2.24) is 20.2 Å². The van der Waals surface area contributed by atoms with Gasteiger partial charge in [-0.3, -0.25) is 9.59 Å². The third-order valence-corrected chi connectivity index (χ3v) is 4.45. The lowest BCUT2D eigenvalue weighted by Gasteiger charge is -2.32. The van der Waals surface area contributed by atoms with Crippen LogP contribution >= 0.6 is 0 Å². The molecule has 136 valence electrons. The van der Waals surface area contributed by atoms with Gasteiger partial charge in [0.1, 0.15) is 12.9 Å². The van der Waals surface area contributed by atoms with Crippen molar-refractivity contribution in [3.05, 3.63) is 48.5 Å². The summed E-state index contributed by atoms with van der Waals surface area (Å²) >= 11 is 0. The number of amides is 2. The van der Waals surface area contributed by atoms with Gasteiger partial charge in [-0.05, 0) is 30.5 Å². The van der Waals surface area contributed by atoms with E-state index >= 15 is 0 Å². The highest BCUT2D eigenvalue weighted by molar-refractivity contribution is 5.94. The number of likely N-dealkylation sites (tertiary alicyclic amines) is 1. The molecule has 0 radical (unpaired) electrons. The largest absolute Gasteiger partial charge is 0.375 e. The third-order valence-electron chi connectivity index (χ3n) is 4.45. The van der Waals surface area contributed by atoms with E-state index in [4.69, 9.17) is 4.74 Å². The molecule has 1 aromatic heterocycles. The van der Waals surface area contributed by atoms with Crippen molar-refractivity contribution in [3.8, 4) is 11.1 Å². The predicted molar refractivity (Wildman–Crippen MR) is 96.4 cm³/mol. The maximum atomic E-state index is 12.7. The summed E-state index contributed by atoms with van der Waals surface area (Å²) in [5.41, 5.74) is 2.55. The van der Waals surface area contributed by atoms with Gasteiger partial charge in [-0.2, -0.15) is 0 Å². The number of piperidine rings is 1. The average Bonchev–Trinajstić information content (AvgIpc) is 2.69.